The van der Waals surface area contributed by atoms with Gasteiger partial charge in [-0.1, -0.05) is 11.6 Å². The van der Waals surface area contributed by atoms with Gasteiger partial charge in [0.15, 0.2) is 0 Å². The van der Waals surface area contributed by atoms with Crippen molar-refractivity contribution in [3.8, 4) is 0 Å². The van der Waals surface area contributed by atoms with E-state index in [1.165, 1.54) is 12.1 Å². The molecule has 0 aliphatic carbocycles. The van der Waals surface area contributed by atoms with Crippen molar-refractivity contribution in [2.75, 3.05) is 0 Å². The first kappa shape index (κ1) is 11.9. The van der Waals surface area contributed by atoms with Crippen LogP contribution in [0, 0.1) is 0 Å². The van der Waals surface area contributed by atoms with Gasteiger partial charge in [-0.15, -0.1) is 0 Å². The molecule has 0 amide bonds. The molecule has 0 fully saturated rings. The second-order valence-corrected chi connectivity index (χ2v) is 2.92. The van der Waals surface area contributed by atoms with Gasteiger partial charge in [0.2, 0.25) is 0 Å². The van der Waals surface area contributed by atoms with Crippen LogP contribution in [0.3, 0.4) is 0 Å². The third-order valence-corrected chi connectivity index (χ3v) is 1.84. The third kappa shape index (κ3) is 2.66. The molecule has 1 aromatic carbocycles. The summed E-state index contributed by atoms with van der Waals surface area (Å²) in [6.45, 7) is 0. The summed E-state index contributed by atoms with van der Waals surface area (Å²) in [6.07, 6.45) is 0. The SMILES string of the molecule is O=c1[nH]c(=O)c2cc(Cl)ccc2o1.[CH2]=[Al]. The molecule has 1 aromatic heterocycles. The second-order valence-electron chi connectivity index (χ2n) is 2.48. The van der Waals surface area contributed by atoms with Gasteiger partial charge in [-0.2, -0.15) is 0 Å². The van der Waals surface area contributed by atoms with Crippen LogP contribution in [0.4, 0.5) is 0 Å². The molecule has 1 radical (unpaired) electrons. The predicted molar refractivity (Wildman–Crippen MR) is 61.0 cm³/mol. The molecular formula is C9H6AlClNO3. The molecule has 0 atom stereocenters. The van der Waals surface area contributed by atoms with Crippen LogP contribution < -0.4 is 11.3 Å². The molecule has 0 spiro atoms. The van der Waals surface area contributed by atoms with Gasteiger partial charge in [0, 0.05) is 5.02 Å². The zero-order chi connectivity index (χ0) is 11.4. The molecule has 6 heteroatoms. The molecule has 1 N–H and O–H groups in total. The van der Waals surface area contributed by atoms with Crippen molar-refractivity contribution in [1.29, 1.82) is 0 Å². The van der Waals surface area contributed by atoms with Crippen LogP contribution in [0.1, 0.15) is 0 Å². The fourth-order valence-corrected chi connectivity index (χ4v) is 1.23. The Balaban J connectivity index is 0.000000531. The van der Waals surface area contributed by atoms with Crippen LogP contribution in [0.5, 0.6) is 0 Å². The molecule has 0 bridgehead atoms. The number of nitrogens with one attached hydrogen (secondary N) is 1. The van der Waals surface area contributed by atoms with Gasteiger partial charge in [-0.05, 0) is 18.2 Å². The first-order chi connectivity index (χ1) is 7.16. The van der Waals surface area contributed by atoms with Gasteiger partial charge in [0.25, 0.3) is 5.56 Å². The van der Waals surface area contributed by atoms with Gasteiger partial charge in [-0.3, -0.25) is 9.78 Å². The molecule has 4 nitrogen and oxygen atoms in total. The van der Waals surface area contributed by atoms with E-state index in [0.29, 0.717) is 5.02 Å². The zero-order valence-corrected chi connectivity index (χ0v) is 9.53. The maximum atomic E-state index is 11.2. The Morgan fingerprint density at radius 2 is 2.00 bits per heavy atom. The van der Waals surface area contributed by atoms with Crippen LogP contribution in [-0.2, 0) is 0 Å². The number of aromatic amines is 1. The number of hydrogen-bond donors (Lipinski definition) is 1. The summed E-state index contributed by atoms with van der Waals surface area (Å²) < 4.78 is 4.73. The predicted octanol–water partition coefficient (Wildman–Crippen LogP) is 0.722. The summed E-state index contributed by atoms with van der Waals surface area (Å²) in [5.41, 5.74) is -0.257. The van der Waals surface area contributed by atoms with Crippen molar-refractivity contribution in [2.24, 2.45) is 0 Å². The molecule has 75 valence electrons. The number of halogens is 1. The van der Waals surface area contributed by atoms with Crippen LogP contribution >= 0.6 is 11.6 Å². The summed E-state index contributed by atoms with van der Waals surface area (Å²) in [4.78, 5) is 23.9. The molecular weight excluding hydrogens is 233 g/mol. The standard InChI is InChI=1S/C8H4ClNO3.CH2.Al/c9-4-1-2-6-5(3-4)7(11)10-8(12)13-6;;/h1-3H,(H,10,11,12);1H2;. The quantitative estimate of drug-likeness (QED) is 0.688. The number of aromatic nitrogens is 1. The average Bonchev–Trinajstić information content (AvgIpc) is 2.22. The first-order valence-electron chi connectivity index (χ1n) is 3.90. The first-order valence-corrected chi connectivity index (χ1v) is 5.10. The van der Waals surface area contributed by atoms with E-state index in [-0.39, 0.29) is 11.0 Å². The van der Waals surface area contributed by atoms with E-state index in [1.54, 1.807) is 6.07 Å². The second kappa shape index (κ2) is 5.08. The van der Waals surface area contributed by atoms with Crippen molar-refractivity contribution in [2.45, 2.75) is 0 Å². The van der Waals surface area contributed by atoms with E-state index in [4.69, 9.17) is 16.0 Å². The molecule has 2 rings (SSSR count). The molecule has 0 unspecified atom stereocenters. The van der Waals surface area contributed by atoms with Crippen molar-refractivity contribution in [3.05, 3.63) is 44.1 Å². The molecule has 0 aliphatic rings. The summed E-state index contributed by atoms with van der Waals surface area (Å²) in [6, 6.07) is 4.47. The molecule has 1 heterocycles. The Kier molecular flexibility index (Phi) is 4.04. The third-order valence-electron chi connectivity index (χ3n) is 1.60. The molecule has 2 aromatic rings. The number of rotatable bonds is 0. The number of H-pyrrole nitrogens is 1. The minimum atomic E-state index is -0.764. The Morgan fingerprint density at radius 3 is 2.67 bits per heavy atom. The summed E-state index contributed by atoms with van der Waals surface area (Å²) >= 11 is 7.82. The maximum absolute atomic E-state index is 11.2. The topological polar surface area (TPSA) is 63.1 Å². The molecule has 0 saturated carbocycles. The fourth-order valence-electron chi connectivity index (χ4n) is 1.05. The Labute approximate surface area is 97.5 Å². The van der Waals surface area contributed by atoms with E-state index in [0.717, 1.165) is 0 Å². The van der Waals surface area contributed by atoms with Crippen LogP contribution in [0.2, 0.25) is 5.02 Å². The van der Waals surface area contributed by atoms with Gasteiger partial charge < -0.3 is 4.42 Å². The molecule has 15 heavy (non-hydrogen) atoms. The summed E-state index contributed by atoms with van der Waals surface area (Å²) in [7, 11) is 0. The van der Waals surface area contributed by atoms with Crippen molar-refractivity contribution in [3.63, 3.8) is 0 Å². The Hall–Kier alpha value is -1.15. The number of benzene rings is 1. The monoisotopic (exact) mass is 238 g/mol. The van der Waals surface area contributed by atoms with Gasteiger partial charge in [-0.25, -0.2) is 4.79 Å². The molecule has 0 saturated heterocycles. The van der Waals surface area contributed by atoms with Crippen LogP contribution in [-0.4, -0.2) is 26.2 Å². The van der Waals surface area contributed by atoms with Gasteiger partial charge in [0.1, 0.15) is 5.58 Å². The van der Waals surface area contributed by atoms with Gasteiger partial charge in [0.05, 0.1) is 5.39 Å². The Bertz CT molecular complexity index is 590. The van der Waals surface area contributed by atoms with Crippen molar-refractivity contribution >= 4 is 43.8 Å². The van der Waals surface area contributed by atoms with Gasteiger partial charge >= 0.3 is 27.0 Å². The molecule has 0 aliphatic heterocycles. The number of hydrogen-bond acceptors (Lipinski definition) is 3. The number of fused-ring (bicyclic) bond motifs is 1. The zero-order valence-electron chi connectivity index (χ0n) is 7.62. The fraction of sp³-hybridized carbons (Fsp3) is 0. The minimum absolute atomic E-state index is 0.234. The van der Waals surface area contributed by atoms with Crippen molar-refractivity contribution in [1.82, 2.24) is 4.98 Å². The van der Waals surface area contributed by atoms with E-state index < -0.39 is 11.3 Å². The Morgan fingerprint density at radius 1 is 1.33 bits per heavy atom. The van der Waals surface area contributed by atoms with Crippen molar-refractivity contribution < 1.29 is 4.42 Å². The van der Waals surface area contributed by atoms with E-state index in [9.17, 15) is 9.59 Å². The summed E-state index contributed by atoms with van der Waals surface area (Å²) in [5, 5.41) is 3.86. The van der Waals surface area contributed by atoms with E-state index >= 15 is 0 Å². The average molecular weight is 239 g/mol. The van der Waals surface area contributed by atoms with Crippen LogP contribution in [0.15, 0.2) is 32.2 Å². The van der Waals surface area contributed by atoms with E-state index in [2.05, 4.69) is 21.2 Å². The summed E-state index contributed by atoms with van der Waals surface area (Å²) in [5.74, 6) is -0.764. The normalized spacial score (nSPS) is 9.33. The van der Waals surface area contributed by atoms with Crippen LogP contribution in [0.25, 0.3) is 11.0 Å². The van der Waals surface area contributed by atoms with E-state index in [1.807, 2.05) is 4.98 Å².